The topological polar surface area (TPSA) is 68.9 Å². The highest BCUT2D eigenvalue weighted by molar-refractivity contribution is 6.08. The van der Waals surface area contributed by atoms with Crippen LogP contribution in [0.1, 0.15) is 24.1 Å². The van der Waals surface area contributed by atoms with Crippen LogP contribution in [0, 0.1) is 6.92 Å². The zero-order valence-electron chi connectivity index (χ0n) is 16.1. The highest BCUT2D eigenvalue weighted by Gasteiger charge is 2.23. The lowest BCUT2D eigenvalue weighted by atomic mass is 10.1. The summed E-state index contributed by atoms with van der Waals surface area (Å²) in [5.74, 6) is -0.136. The molecule has 0 bridgehead atoms. The van der Waals surface area contributed by atoms with Gasteiger partial charge in [-0.2, -0.15) is 5.10 Å². The van der Waals surface area contributed by atoms with Crippen LogP contribution in [0.25, 0.3) is 21.8 Å². The van der Waals surface area contributed by atoms with E-state index in [0.717, 1.165) is 27.4 Å². The number of para-hydroxylation sites is 1. The molecule has 0 unspecified atom stereocenters. The summed E-state index contributed by atoms with van der Waals surface area (Å²) < 4.78 is 3.12. The third-order valence-electron chi connectivity index (χ3n) is 5.12. The summed E-state index contributed by atoms with van der Waals surface area (Å²) in [5.41, 5.74) is 3.32. The number of hydrogen-bond donors (Lipinski definition) is 1. The van der Waals surface area contributed by atoms with Crippen LogP contribution in [-0.2, 0) is 18.4 Å². The second kappa shape index (κ2) is 6.96. The summed E-state index contributed by atoms with van der Waals surface area (Å²) in [5, 5.41) is 8.82. The summed E-state index contributed by atoms with van der Waals surface area (Å²) >= 11 is 0. The van der Waals surface area contributed by atoms with Crippen molar-refractivity contribution in [2.24, 2.45) is 7.05 Å². The van der Waals surface area contributed by atoms with Crippen LogP contribution in [0.4, 0.5) is 0 Å². The number of aryl methyl sites for hydroxylation is 2. The molecule has 0 radical (unpaired) electrons. The minimum atomic E-state index is -0.540. The second-order valence-electron chi connectivity index (χ2n) is 7.11. The van der Waals surface area contributed by atoms with Gasteiger partial charge >= 0.3 is 0 Å². The highest BCUT2D eigenvalue weighted by atomic mass is 16.2. The van der Waals surface area contributed by atoms with E-state index >= 15 is 0 Å². The lowest BCUT2D eigenvalue weighted by Crippen LogP contribution is -2.32. The number of nitrogens with one attached hydrogen (secondary N) is 1. The average molecular weight is 374 g/mol. The Bertz CT molecular complexity index is 1250. The van der Waals surface area contributed by atoms with E-state index in [1.807, 2.05) is 66.9 Å². The maximum atomic E-state index is 12.9. The molecule has 1 N–H and O–H groups in total. The molecular weight excluding hydrogens is 352 g/mol. The first-order chi connectivity index (χ1) is 13.5. The Labute approximate surface area is 162 Å². The van der Waals surface area contributed by atoms with Gasteiger partial charge in [0, 0.05) is 24.4 Å². The Balaban J connectivity index is 1.75. The molecule has 0 aliphatic rings. The van der Waals surface area contributed by atoms with Gasteiger partial charge in [0.05, 0.1) is 11.7 Å². The van der Waals surface area contributed by atoms with Gasteiger partial charge in [-0.05, 0) is 25.5 Å². The van der Waals surface area contributed by atoms with Gasteiger partial charge in [0.15, 0.2) is 0 Å². The van der Waals surface area contributed by atoms with Crippen molar-refractivity contribution in [1.82, 2.24) is 19.7 Å². The van der Waals surface area contributed by atoms with Gasteiger partial charge in [0.1, 0.15) is 11.6 Å². The second-order valence-corrected chi connectivity index (χ2v) is 7.11. The summed E-state index contributed by atoms with van der Waals surface area (Å²) in [6.07, 6.45) is 1.69. The molecule has 0 saturated carbocycles. The van der Waals surface area contributed by atoms with Gasteiger partial charge in [0.2, 0.25) is 5.91 Å². The Hall–Kier alpha value is -3.41. The normalized spacial score (nSPS) is 12.4. The first-order valence-corrected chi connectivity index (χ1v) is 9.25. The van der Waals surface area contributed by atoms with Gasteiger partial charge in [-0.15, -0.1) is 0 Å². The fourth-order valence-electron chi connectivity index (χ4n) is 3.67. The SMILES string of the molecule is Cc1cccc(CNC(=O)[C@H](C)n2c3ccccc3c3cnn(C)c(=O)c32)c1. The lowest BCUT2D eigenvalue weighted by Gasteiger charge is -2.17. The molecule has 0 aliphatic heterocycles. The molecule has 2 aromatic heterocycles. The van der Waals surface area contributed by atoms with Crippen molar-refractivity contribution >= 4 is 27.7 Å². The van der Waals surface area contributed by atoms with Crippen LogP contribution in [0.15, 0.2) is 59.5 Å². The third-order valence-corrected chi connectivity index (χ3v) is 5.12. The van der Waals surface area contributed by atoms with Crippen LogP contribution >= 0.6 is 0 Å². The molecule has 0 saturated heterocycles. The third kappa shape index (κ3) is 2.97. The van der Waals surface area contributed by atoms with Crippen molar-refractivity contribution in [1.29, 1.82) is 0 Å². The summed E-state index contributed by atoms with van der Waals surface area (Å²) in [6, 6.07) is 15.2. The first-order valence-electron chi connectivity index (χ1n) is 9.25. The van der Waals surface area contributed by atoms with E-state index in [2.05, 4.69) is 10.4 Å². The van der Waals surface area contributed by atoms with Crippen molar-refractivity contribution in [3.8, 4) is 0 Å². The highest BCUT2D eigenvalue weighted by Crippen LogP contribution is 2.29. The molecule has 2 aromatic carbocycles. The maximum Gasteiger partial charge on any atom is 0.291 e. The van der Waals surface area contributed by atoms with Gasteiger partial charge in [-0.25, -0.2) is 4.68 Å². The van der Waals surface area contributed by atoms with E-state index in [-0.39, 0.29) is 11.5 Å². The monoisotopic (exact) mass is 374 g/mol. The van der Waals surface area contributed by atoms with Crippen molar-refractivity contribution in [2.45, 2.75) is 26.4 Å². The number of aromatic nitrogens is 3. The van der Waals surface area contributed by atoms with Gasteiger partial charge in [-0.3, -0.25) is 9.59 Å². The molecule has 0 spiro atoms. The van der Waals surface area contributed by atoms with Crippen LogP contribution in [0.2, 0.25) is 0 Å². The molecule has 1 atom stereocenters. The predicted octanol–water partition coefficient (Wildman–Crippen LogP) is 3.07. The number of fused-ring (bicyclic) bond motifs is 3. The van der Waals surface area contributed by atoms with E-state index < -0.39 is 6.04 Å². The molecule has 4 aromatic rings. The molecule has 4 rings (SSSR count). The van der Waals surface area contributed by atoms with E-state index in [4.69, 9.17) is 0 Å². The van der Waals surface area contributed by atoms with E-state index in [9.17, 15) is 9.59 Å². The average Bonchev–Trinajstić information content (AvgIpc) is 3.03. The number of amides is 1. The Morgan fingerprint density at radius 1 is 1.14 bits per heavy atom. The largest absolute Gasteiger partial charge is 0.350 e. The van der Waals surface area contributed by atoms with Crippen LogP contribution in [-0.4, -0.2) is 20.3 Å². The number of carbonyl (C=O) groups excluding carboxylic acids is 1. The van der Waals surface area contributed by atoms with E-state index in [1.165, 1.54) is 4.68 Å². The molecule has 0 fully saturated rings. The van der Waals surface area contributed by atoms with E-state index in [1.54, 1.807) is 13.2 Å². The molecular formula is C22H22N4O2. The lowest BCUT2D eigenvalue weighted by molar-refractivity contribution is -0.123. The molecule has 6 nitrogen and oxygen atoms in total. The molecule has 1 amide bonds. The van der Waals surface area contributed by atoms with Crippen LogP contribution in [0.3, 0.4) is 0 Å². The summed E-state index contributed by atoms with van der Waals surface area (Å²) in [6.45, 7) is 4.29. The number of carbonyl (C=O) groups is 1. The molecule has 0 aliphatic carbocycles. The Morgan fingerprint density at radius 2 is 1.93 bits per heavy atom. The van der Waals surface area contributed by atoms with Gasteiger partial charge in [-0.1, -0.05) is 48.0 Å². The number of hydrogen-bond acceptors (Lipinski definition) is 3. The fourth-order valence-corrected chi connectivity index (χ4v) is 3.67. The van der Waals surface area contributed by atoms with E-state index in [0.29, 0.717) is 12.1 Å². The number of nitrogens with zero attached hydrogens (tertiary/aromatic N) is 3. The van der Waals surface area contributed by atoms with Crippen LogP contribution in [0.5, 0.6) is 0 Å². The summed E-state index contributed by atoms with van der Waals surface area (Å²) in [7, 11) is 1.62. The molecule has 142 valence electrons. The van der Waals surface area contributed by atoms with Gasteiger partial charge in [0.25, 0.3) is 5.56 Å². The molecule has 6 heteroatoms. The maximum absolute atomic E-state index is 12.9. The minimum absolute atomic E-state index is 0.136. The minimum Gasteiger partial charge on any atom is -0.350 e. The van der Waals surface area contributed by atoms with Crippen molar-refractivity contribution < 1.29 is 4.79 Å². The predicted molar refractivity (Wildman–Crippen MR) is 110 cm³/mol. The van der Waals surface area contributed by atoms with Crippen molar-refractivity contribution in [3.05, 3.63) is 76.2 Å². The first kappa shape index (κ1) is 18.0. The number of benzene rings is 2. The Kier molecular flexibility index (Phi) is 4.47. The zero-order chi connectivity index (χ0) is 19.8. The van der Waals surface area contributed by atoms with Gasteiger partial charge < -0.3 is 9.88 Å². The molecule has 2 heterocycles. The quantitative estimate of drug-likeness (QED) is 0.597. The van der Waals surface area contributed by atoms with Crippen molar-refractivity contribution in [2.75, 3.05) is 0 Å². The van der Waals surface area contributed by atoms with Crippen molar-refractivity contribution in [3.63, 3.8) is 0 Å². The fraction of sp³-hybridized carbons (Fsp3) is 0.227. The number of rotatable bonds is 4. The standard InChI is InChI=1S/C22H22N4O2/c1-14-7-6-8-16(11-14)12-23-21(27)15(2)26-19-10-5-4-9-17(19)18-13-24-25(3)22(28)20(18)26/h4-11,13,15H,12H2,1-3H3,(H,23,27)/t15-/m0/s1. The van der Waals surface area contributed by atoms with Crippen LogP contribution < -0.4 is 10.9 Å². The zero-order valence-corrected chi connectivity index (χ0v) is 16.1. The molecule has 28 heavy (non-hydrogen) atoms. The Morgan fingerprint density at radius 3 is 2.71 bits per heavy atom. The smallest absolute Gasteiger partial charge is 0.291 e. The summed E-state index contributed by atoms with van der Waals surface area (Å²) in [4.78, 5) is 25.7.